The van der Waals surface area contributed by atoms with E-state index in [-0.39, 0.29) is 6.10 Å². The Kier molecular flexibility index (Phi) is 4.00. The van der Waals surface area contributed by atoms with Gasteiger partial charge in [-0.15, -0.1) is 10.2 Å². The van der Waals surface area contributed by atoms with Crippen molar-refractivity contribution in [1.82, 2.24) is 15.2 Å². The number of ether oxygens (including phenoxy) is 1. The molecule has 0 bridgehead atoms. The van der Waals surface area contributed by atoms with Crippen LogP contribution < -0.4 is 4.74 Å². The molecular formula is C14H16ClN3O. The number of nitrogens with zero attached hydrogens (tertiary/aromatic N) is 3. The van der Waals surface area contributed by atoms with E-state index in [4.69, 9.17) is 16.3 Å². The molecule has 2 aromatic rings. The summed E-state index contributed by atoms with van der Waals surface area (Å²) in [5, 5.41) is 8.54. The van der Waals surface area contributed by atoms with Gasteiger partial charge in [0.25, 0.3) is 0 Å². The molecule has 2 heterocycles. The third-order valence-electron chi connectivity index (χ3n) is 2.82. The van der Waals surface area contributed by atoms with Crippen LogP contribution >= 0.6 is 11.6 Å². The fraction of sp³-hybridized carbons (Fsp3) is 0.357. The summed E-state index contributed by atoms with van der Waals surface area (Å²) >= 11 is 5.96. The predicted molar refractivity (Wildman–Crippen MR) is 75.5 cm³/mol. The molecular weight excluding hydrogens is 262 g/mol. The second kappa shape index (κ2) is 5.53. The zero-order chi connectivity index (χ0) is 14.0. The topological polar surface area (TPSA) is 47.9 Å². The summed E-state index contributed by atoms with van der Waals surface area (Å²) < 4.78 is 5.63. The number of hydrogen-bond donors (Lipinski definition) is 0. The molecule has 0 aliphatic heterocycles. The maximum absolute atomic E-state index is 5.96. The van der Waals surface area contributed by atoms with E-state index >= 15 is 0 Å². The molecule has 0 saturated heterocycles. The summed E-state index contributed by atoms with van der Waals surface area (Å²) in [5.41, 5.74) is 3.59. The molecule has 0 N–H and O–H groups in total. The Hall–Kier alpha value is -1.68. The fourth-order valence-corrected chi connectivity index (χ4v) is 1.91. The lowest BCUT2D eigenvalue weighted by Crippen LogP contribution is -2.06. The Bertz CT molecular complexity index is 599. The number of aromatic nitrogens is 3. The van der Waals surface area contributed by atoms with Gasteiger partial charge >= 0.3 is 0 Å². The number of halogens is 1. The number of rotatable bonds is 3. The largest absolute Gasteiger partial charge is 0.489 e. The summed E-state index contributed by atoms with van der Waals surface area (Å²) in [6, 6.07) is 1.91. The van der Waals surface area contributed by atoms with Crippen molar-refractivity contribution in [2.75, 3.05) is 0 Å². The predicted octanol–water partition coefficient (Wildman–Crippen LogP) is 3.60. The van der Waals surface area contributed by atoms with Crippen LogP contribution in [0.3, 0.4) is 0 Å². The lowest BCUT2D eigenvalue weighted by molar-refractivity contribution is 0.241. The monoisotopic (exact) mass is 277 g/mol. The second-order valence-corrected chi connectivity index (χ2v) is 5.02. The van der Waals surface area contributed by atoms with Crippen molar-refractivity contribution in [3.05, 3.63) is 34.7 Å². The van der Waals surface area contributed by atoms with Crippen molar-refractivity contribution in [2.45, 2.75) is 33.8 Å². The van der Waals surface area contributed by atoms with E-state index in [1.807, 2.05) is 33.8 Å². The Labute approximate surface area is 117 Å². The molecule has 4 nitrogen and oxygen atoms in total. The highest BCUT2D eigenvalue weighted by atomic mass is 35.5. The van der Waals surface area contributed by atoms with Crippen LogP contribution in [-0.4, -0.2) is 21.3 Å². The van der Waals surface area contributed by atoms with E-state index in [9.17, 15) is 0 Å². The summed E-state index contributed by atoms with van der Waals surface area (Å²) in [5.74, 6) is 0.723. The highest BCUT2D eigenvalue weighted by molar-refractivity contribution is 6.30. The van der Waals surface area contributed by atoms with Gasteiger partial charge in [-0.05, 0) is 44.9 Å². The van der Waals surface area contributed by atoms with Crippen LogP contribution in [0.5, 0.6) is 5.75 Å². The minimum Gasteiger partial charge on any atom is -0.489 e. The molecule has 0 aliphatic carbocycles. The molecule has 0 aromatic carbocycles. The average Bonchev–Trinajstić information content (AvgIpc) is 2.36. The van der Waals surface area contributed by atoms with Crippen LogP contribution in [0.1, 0.15) is 25.0 Å². The molecule has 0 amide bonds. The maximum atomic E-state index is 5.96. The Morgan fingerprint density at radius 3 is 2.53 bits per heavy atom. The van der Waals surface area contributed by atoms with Crippen molar-refractivity contribution < 1.29 is 4.74 Å². The van der Waals surface area contributed by atoms with Crippen molar-refractivity contribution in [3.8, 4) is 17.0 Å². The van der Waals surface area contributed by atoms with Gasteiger partial charge in [-0.3, -0.25) is 4.98 Å². The van der Waals surface area contributed by atoms with Gasteiger partial charge in [-0.25, -0.2) is 0 Å². The van der Waals surface area contributed by atoms with Crippen molar-refractivity contribution in [2.24, 2.45) is 0 Å². The Morgan fingerprint density at radius 2 is 1.84 bits per heavy atom. The van der Waals surface area contributed by atoms with Crippen LogP contribution in [0.4, 0.5) is 0 Å². The van der Waals surface area contributed by atoms with Gasteiger partial charge in [0.2, 0.25) is 0 Å². The Balaban J connectivity index is 2.45. The summed E-state index contributed by atoms with van der Waals surface area (Å²) in [6.07, 6.45) is 3.54. The lowest BCUT2D eigenvalue weighted by atomic mass is 10.1. The van der Waals surface area contributed by atoms with Crippen LogP contribution in [0.2, 0.25) is 5.15 Å². The molecule has 0 unspecified atom stereocenters. The molecule has 0 radical (unpaired) electrons. The summed E-state index contributed by atoms with van der Waals surface area (Å²) in [4.78, 5) is 4.18. The van der Waals surface area contributed by atoms with E-state index in [1.54, 1.807) is 12.4 Å². The van der Waals surface area contributed by atoms with Gasteiger partial charge in [-0.1, -0.05) is 11.6 Å². The molecule has 0 saturated carbocycles. The maximum Gasteiger partial charge on any atom is 0.154 e. The van der Waals surface area contributed by atoms with Gasteiger partial charge in [-0.2, -0.15) is 0 Å². The van der Waals surface area contributed by atoms with Gasteiger partial charge in [0.15, 0.2) is 5.15 Å². The molecule has 0 atom stereocenters. The lowest BCUT2D eigenvalue weighted by Gasteiger charge is -2.11. The zero-order valence-corrected chi connectivity index (χ0v) is 12.2. The first kappa shape index (κ1) is 13.7. The molecule has 100 valence electrons. The first-order chi connectivity index (χ1) is 8.99. The SMILES string of the molecule is Cc1c(Cl)nnc(-c2cncc(OC(C)C)c2)c1C. The van der Waals surface area contributed by atoms with E-state index < -0.39 is 0 Å². The van der Waals surface area contributed by atoms with Gasteiger partial charge in [0, 0.05) is 11.8 Å². The molecule has 0 fully saturated rings. The summed E-state index contributed by atoms with van der Waals surface area (Å²) in [7, 11) is 0. The van der Waals surface area contributed by atoms with Gasteiger partial charge in [0.05, 0.1) is 18.0 Å². The smallest absolute Gasteiger partial charge is 0.154 e. The summed E-state index contributed by atoms with van der Waals surface area (Å²) in [6.45, 7) is 7.85. The van der Waals surface area contributed by atoms with E-state index in [2.05, 4.69) is 15.2 Å². The normalized spacial score (nSPS) is 10.8. The van der Waals surface area contributed by atoms with Crippen LogP contribution in [0.25, 0.3) is 11.3 Å². The van der Waals surface area contributed by atoms with E-state index in [0.29, 0.717) is 5.15 Å². The van der Waals surface area contributed by atoms with E-state index in [1.165, 1.54) is 0 Å². The van der Waals surface area contributed by atoms with Crippen molar-refractivity contribution in [1.29, 1.82) is 0 Å². The number of hydrogen-bond acceptors (Lipinski definition) is 4. The quantitative estimate of drug-likeness (QED) is 0.860. The minimum atomic E-state index is 0.108. The molecule has 2 aromatic heterocycles. The van der Waals surface area contributed by atoms with Crippen molar-refractivity contribution in [3.63, 3.8) is 0 Å². The molecule has 2 rings (SSSR count). The average molecular weight is 278 g/mol. The Morgan fingerprint density at radius 1 is 1.11 bits per heavy atom. The van der Waals surface area contributed by atoms with Gasteiger partial charge in [0.1, 0.15) is 5.75 Å². The van der Waals surface area contributed by atoms with Crippen LogP contribution in [0, 0.1) is 13.8 Å². The molecule has 0 aliphatic rings. The highest BCUT2D eigenvalue weighted by Crippen LogP contribution is 2.27. The number of pyridine rings is 1. The van der Waals surface area contributed by atoms with Crippen LogP contribution in [0.15, 0.2) is 18.5 Å². The molecule has 5 heteroatoms. The minimum absolute atomic E-state index is 0.108. The van der Waals surface area contributed by atoms with E-state index in [0.717, 1.165) is 28.1 Å². The first-order valence-electron chi connectivity index (χ1n) is 6.10. The molecule has 19 heavy (non-hydrogen) atoms. The fourth-order valence-electron chi connectivity index (χ4n) is 1.74. The molecule has 0 spiro atoms. The standard InChI is InChI=1S/C14H16ClN3O/c1-8(2)19-12-5-11(6-16-7-12)13-9(3)10(4)14(15)18-17-13/h5-8H,1-4H3. The third-order valence-corrected chi connectivity index (χ3v) is 3.18. The van der Waals surface area contributed by atoms with Crippen LogP contribution in [-0.2, 0) is 0 Å². The third kappa shape index (κ3) is 3.01. The highest BCUT2D eigenvalue weighted by Gasteiger charge is 2.11. The zero-order valence-electron chi connectivity index (χ0n) is 11.4. The second-order valence-electron chi connectivity index (χ2n) is 4.67. The van der Waals surface area contributed by atoms with Gasteiger partial charge < -0.3 is 4.74 Å². The first-order valence-corrected chi connectivity index (χ1v) is 6.48. The van der Waals surface area contributed by atoms with Crippen molar-refractivity contribution >= 4 is 11.6 Å².